The highest BCUT2D eigenvalue weighted by Crippen LogP contribution is 2.18. The van der Waals surface area contributed by atoms with Crippen LogP contribution in [-0.4, -0.2) is 28.2 Å². The first kappa shape index (κ1) is 20.3. The lowest BCUT2D eigenvalue weighted by Crippen LogP contribution is -2.36. The first-order valence-corrected chi connectivity index (χ1v) is 9.67. The standard InChI is InChI=1S/C24H25N3O2/c1-20(28)26(18-22-11-8-15-25-17-22)16-14-24(29)27(23-12-6-3-7-13-23)19-21-9-4-2-5-10-21/h2-13,15,17H,14,16,18-19H2,1H3. The summed E-state index contributed by atoms with van der Waals surface area (Å²) in [5, 5.41) is 0. The number of pyridine rings is 1. The number of rotatable bonds is 8. The van der Waals surface area contributed by atoms with E-state index in [1.165, 1.54) is 6.92 Å². The van der Waals surface area contributed by atoms with Crippen molar-refractivity contribution in [3.8, 4) is 0 Å². The van der Waals surface area contributed by atoms with Crippen LogP contribution in [0.4, 0.5) is 5.69 Å². The van der Waals surface area contributed by atoms with Gasteiger partial charge in [0.25, 0.3) is 0 Å². The van der Waals surface area contributed by atoms with Crippen LogP contribution in [0.2, 0.25) is 0 Å². The summed E-state index contributed by atoms with van der Waals surface area (Å²) in [4.78, 5) is 32.7. The van der Waals surface area contributed by atoms with Gasteiger partial charge in [-0.1, -0.05) is 54.6 Å². The molecule has 0 unspecified atom stereocenters. The van der Waals surface area contributed by atoms with Gasteiger partial charge in [-0.15, -0.1) is 0 Å². The zero-order valence-corrected chi connectivity index (χ0v) is 16.6. The zero-order valence-electron chi connectivity index (χ0n) is 16.6. The molecule has 0 N–H and O–H groups in total. The summed E-state index contributed by atoms with van der Waals surface area (Å²) in [5.74, 6) is -0.0755. The first-order valence-electron chi connectivity index (χ1n) is 9.67. The Hall–Kier alpha value is -3.47. The number of hydrogen-bond acceptors (Lipinski definition) is 3. The molecule has 0 aliphatic carbocycles. The molecule has 0 aliphatic rings. The molecule has 0 fully saturated rings. The van der Waals surface area contributed by atoms with Crippen molar-refractivity contribution >= 4 is 17.5 Å². The SMILES string of the molecule is CC(=O)N(CCC(=O)N(Cc1ccccc1)c1ccccc1)Cc1cccnc1. The van der Waals surface area contributed by atoms with Crippen molar-refractivity contribution in [1.82, 2.24) is 9.88 Å². The minimum absolute atomic E-state index is 0.0162. The van der Waals surface area contributed by atoms with Gasteiger partial charge in [-0.2, -0.15) is 0 Å². The van der Waals surface area contributed by atoms with Crippen molar-refractivity contribution in [2.45, 2.75) is 26.4 Å². The van der Waals surface area contributed by atoms with Crippen molar-refractivity contribution in [3.05, 3.63) is 96.3 Å². The Morgan fingerprint density at radius 1 is 0.828 bits per heavy atom. The fraction of sp³-hybridized carbons (Fsp3) is 0.208. The Kier molecular flexibility index (Phi) is 7.11. The highest BCUT2D eigenvalue weighted by Gasteiger charge is 2.18. The number of amides is 2. The lowest BCUT2D eigenvalue weighted by molar-refractivity contribution is -0.130. The van der Waals surface area contributed by atoms with Crippen LogP contribution in [0.3, 0.4) is 0 Å². The maximum atomic E-state index is 13.1. The van der Waals surface area contributed by atoms with Crippen molar-refractivity contribution in [1.29, 1.82) is 0 Å². The first-order chi connectivity index (χ1) is 14.1. The molecule has 5 heteroatoms. The Labute approximate surface area is 171 Å². The Balaban J connectivity index is 1.70. The minimum atomic E-state index is -0.0593. The molecule has 0 saturated heterocycles. The summed E-state index contributed by atoms with van der Waals surface area (Å²) < 4.78 is 0. The number of carbonyl (C=O) groups excluding carboxylic acids is 2. The number of hydrogen-bond donors (Lipinski definition) is 0. The molecular weight excluding hydrogens is 362 g/mol. The molecule has 29 heavy (non-hydrogen) atoms. The molecule has 0 radical (unpaired) electrons. The summed E-state index contributed by atoms with van der Waals surface area (Å²) in [6.45, 7) is 2.83. The number of benzene rings is 2. The smallest absolute Gasteiger partial charge is 0.229 e. The van der Waals surface area contributed by atoms with Crippen LogP contribution < -0.4 is 4.90 Å². The molecule has 3 aromatic rings. The van der Waals surface area contributed by atoms with Crippen LogP contribution in [0.5, 0.6) is 0 Å². The van der Waals surface area contributed by atoms with Gasteiger partial charge in [-0.05, 0) is 29.3 Å². The van der Waals surface area contributed by atoms with Gasteiger partial charge in [0.1, 0.15) is 0 Å². The van der Waals surface area contributed by atoms with Gasteiger partial charge in [0.05, 0.1) is 6.54 Å². The maximum Gasteiger partial charge on any atom is 0.229 e. The lowest BCUT2D eigenvalue weighted by Gasteiger charge is -2.26. The zero-order chi connectivity index (χ0) is 20.5. The van der Waals surface area contributed by atoms with Crippen LogP contribution in [0.15, 0.2) is 85.2 Å². The summed E-state index contributed by atoms with van der Waals surface area (Å²) >= 11 is 0. The molecule has 1 heterocycles. The van der Waals surface area contributed by atoms with Crippen molar-refractivity contribution < 1.29 is 9.59 Å². The van der Waals surface area contributed by atoms with Crippen LogP contribution >= 0.6 is 0 Å². The Morgan fingerprint density at radius 2 is 1.48 bits per heavy atom. The monoisotopic (exact) mass is 387 g/mol. The minimum Gasteiger partial charge on any atom is -0.338 e. The predicted octanol–water partition coefficient (Wildman–Crippen LogP) is 4.05. The van der Waals surface area contributed by atoms with E-state index in [1.807, 2.05) is 72.8 Å². The van der Waals surface area contributed by atoms with Gasteiger partial charge in [0, 0.05) is 44.5 Å². The summed E-state index contributed by atoms with van der Waals surface area (Å²) in [7, 11) is 0. The van der Waals surface area contributed by atoms with E-state index >= 15 is 0 Å². The van der Waals surface area contributed by atoms with Crippen molar-refractivity contribution in [3.63, 3.8) is 0 Å². The van der Waals surface area contributed by atoms with E-state index in [1.54, 1.807) is 22.2 Å². The summed E-state index contributed by atoms with van der Waals surface area (Å²) in [5.41, 5.74) is 2.85. The third kappa shape index (κ3) is 6.01. The van der Waals surface area contributed by atoms with Gasteiger partial charge < -0.3 is 9.80 Å². The second-order valence-corrected chi connectivity index (χ2v) is 6.85. The molecule has 3 rings (SSSR count). The van der Waals surface area contributed by atoms with Crippen LogP contribution in [0.25, 0.3) is 0 Å². The van der Waals surface area contributed by atoms with E-state index in [9.17, 15) is 9.59 Å². The number of para-hydroxylation sites is 1. The number of aromatic nitrogens is 1. The molecule has 0 saturated carbocycles. The molecule has 2 amide bonds. The fourth-order valence-corrected chi connectivity index (χ4v) is 3.12. The quantitative estimate of drug-likeness (QED) is 0.586. The van der Waals surface area contributed by atoms with E-state index in [-0.39, 0.29) is 18.2 Å². The third-order valence-corrected chi connectivity index (χ3v) is 4.69. The molecule has 0 spiro atoms. The van der Waals surface area contributed by atoms with Gasteiger partial charge >= 0.3 is 0 Å². The van der Waals surface area contributed by atoms with Gasteiger partial charge in [-0.25, -0.2) is 0 Å². The molecule has 1 aromatic heterocycles. The van der Waals surface area contributed by atoms with Crippen LogP contribution in [0, 0.1) is 0 Å². The summed E-state index contributed by atoms with van der Waals surface area (Å²) in [6.07, 6.45) is 3.69. The Morgan fingerprint density at radius 3 is 2.10 bits per heavy atom. The van der Waals surface area contributed by atoms with E-state index in [4.69, 9.17) is 0 Å². The maximum absolute atomic E-state index is 13.1. The molecule has 2 aromatic carbocycles. The molecule has 0 bridgehead atoms. The van der Waals surface area contributed by atoms with E-state index in [0.29, 0.717) is 19.6 Å². The number of nitrogens with zero attached hydrogens (tertiary/aromatic N) is 3. The molecular formula is C24H25N3O2. The average Bonchev–Trinajstić information content (AvgIpc) is 2.76. The van der Waals surface area contributed by atoms with Gasteiger partial charge in [0.15, 0.2) is 0 Å². The van der Waals surface area contributed by atoms with Gasteiger partial charge in [0.2, 0.25) is 11.8 Å². The normalized spacial score (nSPS) is 10.4. The number of carbonyl (C=O) groups is 2. The average molecular weight is 387 g/mol. The predicted molar refractivity (Wildman–Crippen MR) is 114 cm³/mol. The second-order valence-electron chi connectivity index (χ2n) is 6.85. The van der Waals surface area contributed by atoms with Gasteiger partial charge in [-0.3, -0.25) is 14.6 Å². The summed E-state index contributed by atoms with van der Waals surface area (Å²) in [6, 6.07) is 23.3. The second kappa shape index (κ2) is 10.2. The van der Waals surface area contributed by atoms with E-state index in [0.717, 1.165) is 16.8 Å². The van der Waals surface area contributed by atoms with E-state index < -0.39 is 0 Å². The third-order valence-electron chi connectivity index (χ3n) is 4.69. The molecule has 0 aliphatic heterocycles. The van der Waals surface area contributed by atoms with E-state index in [2.05, 4.69) is 4.98 Å². The molecule has 5 nitrogen and oxygen atoms in total. The molecule has 148 valence electrons. The highest BCUT2D eigenvalue weighted by molar-refractivity contribution is 5.93. The lowest BCUT2D eigenvalue weighted by atomic mass is 10.1. The number of anilines is 1. The highest BCUT2D eigenvalue weighted by atomic mass is 16.2. The van der Waals surface area contributed by atoms with Crippen molar-refractivity contribution in [2.75, 3.05) is 11.4 Å². The fourth-order valence-electron chi connectivity index (χ4n) is 3.12. The topological polar surface area (TPSA) is 53.5 Å². The molecule has 0 atom stereocenters. The van der Waals surface area contributed by atoms with Crippen LogP contribution in [0.1, 0.15) is 24.5 Å². The Bertz CT molecular complexity index is 915. The largest absolute Gasteiger partial charge is 0.338 e. The van der Waals surface area contributed by atoms with Crippen LogP contribution in [-0.2, 0) is 22.7 Å². The van der Waals surface area contributed by atoms with Crippen molar-refractivity contribution in [2.24, 2.45) is 0 Å².